The Morgan fingerprint density at radius 3 is 1.85 bits per heavy atom. The molecule has 1 aromatic rings. The number of hydrogen-bond acceptors (Lipinski definition) is 3. The second kappa shape index (κ2) is 8.75. The van der Waals surface area contributed by atoms with Gasteiger partial charge in [-0.05, 0) is 52.3 Å². The summed E-state index contributed by atoms with van der Waals surface area (Å²) in [5.74, 6) is -1.56. The zero-order chi connectivity index (χ0) is 19.4. The van der Waals surface area contributed by atoms with Gasteiger partial charge in [0.05, 0.1) is 6.04 Å². The Bertz CT molecular complexity index is 657. The number of hydrogen-bond donors (Lipinski definition) is 3. The second-order valence-electron chi connectivity index (χ2n) is 7.13. The topological polar surface area (TPSA) is 119 Å². The molecule has 0 aliphatic rings. The molecule has 0 aliphatic carbocycles. The van der Waals surface area contributed by atoms with Crippen LogP contribution < -0.4 is 16.0 Å². The van der Waals surface area contributed by atoms with Crippen LogP contribution in [-0.4, -0.2) is 34.3 Å². The number of nitrogens with one attached hydrogen (secondary N) is 3. The van der Waals surface area contributed by atoms with Crippen molar-refractivity contribution in [3.05, 3.63) is 35.6 Å². The third kappa shape index (κ3) is 6.44. The van der Waals surface area contributed by atoms with Crippen LogP contribution in [0.2, 0.25) is 0 Å². The molecule has 0 bridgehead atoms. The van der Waals surface area contributed by atoms with E-state index in [1.807, 2.05) is 0 Å². The van der Waals surface area contributed by atoms with Crippen LogP contribution in [0.3, 0.4) is 0 Å². The van der Waals surface area contributed by atoms with Gasteiger partial charge in [0, 0.05) is 6.92 Å². The molecule has 7 nitrogen and oxygen atoms in total. The van der Waals surface area contributed by atoms with Gasteiger partial charge in [-0.2, -0.15) is 0 Å². The van der Waals surface area contributed by atoms with Crippen LogP contribution in [0.5, 0.6) is 0 Å². The third-order valence-electron chi connectivity index (χ3n) is 3.77. The molecule has 0 spiro atoms. The molecule has 0 fully saturated rings. The number of halogens is 1. The highest BCUT2D eigenvalue weighted by atomic mass is 19.1. The Hall–Kier alpha value is -2.48. The van der Waals surface area contributed by atoms with Crippen LogP contribution in [0.15, 0.2) is 24.3 Å². The summed E-state index contributed by atoms with van der Waals surface area (Å²) < 4.78 is 13.0. The molecule has 1 aromatic carbocycles. The van der Waals surface area contributed by atoms with Gasteiger partial charge in [0.15, 0.2) is 0 Å². The fourth-order valence-electron chi connectivity index (χ4n) is 2.21. The molecule has 26 heavy (non-hydrogen) atoms. The van der Waals surface area contributed by atoms with Crippen molar-refractivity contribution in [1.82, 2.24) is 16.0 Å². The smallest absolute Gasteiger partial charge is 0.246 e. The highest BCUT2D eigenvalue weighted by molar-refractivity contribution is 5.95. The minimum absolute atomic E-state index is 0. The standard InChI is InChI=1S/C18H26FN3O3.H2O/c1-11(13-7-9-14(19)10-8-13)20-15(24)17(3,4)22-16(25)18(5,6)21-12(2)23;/h7-11H,1-6H3,(H,20,24)(H,21,23)(H,22,25);1H2/t11-;/m0./s1. The number of benzene rings is 1. The van der Waals surface area contributed by atoms with E-state index >= 15 is 0 Å². The van der Waals surface area contributed by atoms with E-state index in [4.69, 9.17) is 0 Å². The Morgan fingerprint density at radius 2 is 1.38 bits per heavy atom. The van der Waals surface area contributed by atoms with E-state index < -0.39 is 22.9 Å². The molecule has 1 atom stereocenters. The maximum absolute atomic E-state index is 13.0. The van der Waals surface area contributed by atoms with Gasteiger partial charge in [-0.3, -0.25) is 14.4 Å². The number of amides is 3. The van der Waals surface area contributed by atoms with Gasteiger partial charge >= 0.3 is 0 Å². The first-order chi connectivity index (χ1) is 11.3. The Kier molecular flexibility index (Phi) is 7.92. The van der Waals surface area contributed by atoms with Gasteiger partial charge in [0.2, 0.25) is 17.7 Å². The van der Waals surface area contributed by atoms with Crippen molar-refractivity contribution in [2.24, 2.45) is 0 Å². The zero-order valence-electron chi connectivity index (χ0n) is 16.0. The lowest BCUT2D eigenvalue weighted by atomic mass is 9.98. The summed E-state index contributed by atoms with van der Waals surface area (Å²) in [6.45, 7) is 9.34. The van der Waals surface area contributed by atoms with Crippen LogP contribution in [0.25, 0.3) is 0 Å². The predicted molar refractivity (Wildman–Crippen MR) is 96.7 cm³/mol. The average Bonchev–Trinajstić information content (AvgIpc) is 2.45. The van der Waals surface area contributed by atoms with Gasteiger partial charge in [0.1, 0.15) is 16.9 Å². The predicted octanol–water partition coefficient (Wildman–Crippen LogP) is 0.988. The normalized spacial score (nSPS) is 12.4. The van der Waals surface area contributed by atoms with Gasteiger partial charge in [0.25, 0.3) is 0 Å². The summed E-state index contributed by atoms with van der Waals surface area (Å²) in [4.78, 5) is 36.1. The van der Waals surface area contributed by atoms with E-state index in [0.717, 1.165) is 5.56 Å². The van der Waals surface area contributed by atoms with Crippen LogP contribution in [-0.2, 0) is 14.4 Å². The quantitative estimate of drug-likeness (QED) is 0.693. The van der Waals surface area contributed by atoms with Crippen LogP contribution in [0, 0.1) is 5.82 Å². The van der Waals surface area contributed by atoms with Crippen molar-refractivity contribution in [1.29, 1.82) is 0 Å². The summed E-state index contributed by atoms with van der Waals surface area (Å²) in [5, 5.41) is 7.97. The molecular weight excluding hydrogens is 341 g/mol. The molecule has 0 aliphatic heterocycles. The van der Waals surface area contributed by atoms with Gasteiger partial charge in [-0.1, -0.05) is 12.1 Å². The molecule has 0 aromatic heterocycles. The van der Waals surface area contributed by atoms with Crippen molar-refractivity contribution in [2.45, 2.75) is 58.7 Å². The van der Waals surface area contributed by atoms with E-state index in [1.165, 1.54) is 19.1 Å². The number of carbonyl (C=O) groups is 3. The molecule has 5 N–H and O–H groups in total. The maximum atomic E-state index is 13.0. The summed E-state index contributed by atoms with van der Waals surface area (Å²) in [7, 11) is 0. The highest BCUT2D eigenvalue weighted by Crippen LogP contribution is 2.15. The van der Waals surface area contributed by atoms with Gasteiger partial charge in [-0.15, -0.1) is 0 Å². The number of carbonyl (C=O) groups excluding carboxylic acids is 3. The van der Waals surface area contributed by atoms with E-state index in [0.29, 0.717) is 0 Å². The first-order valence-corrected chi connectivity index (χ1v) is 8.03. The minimum Gasteiger partial charge on any atom is -0.412 e. The fraction of sp³-hybridized carbons (Fsp3) is 0.500. The molecule has 3 amide bonds. The lowest BCUT2D eigenvalue weighted by molar-refractivity contribution is -0.137. The highest BCUT2D eigenvalue weighted by Gasteiger charge is 2.36. The monoisotopic (exact) mass is 369 g/mol. The molecule has 0 saturated heterocycles. The van der Waals surface area contributed by atoms with Crippen molar-refractivity contribution in [3.63, 3.8) is 0 Å². The summed E-state index contributed by atoms with van der Waals surface area (Å²) in [6, 6.07) is 5.46. The SMILES string of the molecule is CC(=O)NC(C)(C)C(=O)NC(C)(C)C(=O)N[C@@H](C)c1ccc(F)cc1.O. The van der Waals surface area contributed by atoms with Crippen LogP contribution >= 0.6 is 0 Å². The number of rotatable bonds is 6. The second-order valence-corrected chi connectivity index (χ2v) is 7.13. The van der Waals surface area contributed by atoms with E-state index in [1.54, 1.807) is 46.8 Å². The molecule has 0 saturated carbocycles. The summed E-state index contributed by atoms with van der Waals surface area (Å²) >= 11 is 0. The minimum atomic E-state index is -1.19. The molecule has 0 unspecified atom stereocenters. The van der Waals surface area contributed by atoms with Crippen LogP contribution in [0.4, 0.5) is 4.39 Å². The van der Waals surface area contributed by atoms with Crippen molar-refractivity contribution in [2.75, 3.05) is 0 Å². The Labute approximate surface area is 153 Å². The Balaban J connectivity index is 0.00000625. The Morgan fingerprint density at radius 1 is 0.923 bits per heavy atom. The van der Waals surface area contributed by atoms with Crippen molar-refractivity contribution in [3.8, 4) is 0 Å². The van der Waals surface area contributed by atoms with Crippen molar-refractivity contribution >= 4 is 17.7 Å². The summed E-state index contributed by atoms with van der Waals surface area (Å²) in [6.07, 6.45) is 0. The summed E-state index contributed by atoms with van der Waals surface area (Å²) in [5.41, 5.74) is -1.59. The van der Waals surface area contributed by atoms with E-state index in [2.05, 4.69) is 16.0 Å². The van der Waals surface area contributed by atoms with Crippen LogP contribution in [0.1, 0.15) is 53.1 Å². The lowest BCUT2D eigenvalue weighted by Gasteiger charge is -2.32. The molecule has 0 heterocycles. The largest absolute Gasteiger partial charge is 0.412 e. The maximum Gasteiger partial charge on any atom is 0.246 e. The van der Waals surface area contributed by atoms with E-state index in [9.17, 15) is 18.8 Å². The lowest BCUT2D eigenvalue weighted by Crippen LogP contribution is -2.62. The van der Waals surface area contributed by atoms with Gasteiger partial charge in [-0.25, -0.2) is 4.39 Å². The third-order valence-corrected chi connectivity index (χ3v) is 3.77. The first-order valence-electron chi connectivity index (χ1n) is 8.03. The van der Waals surface area contributed by atoms with E-state index in [-0.39, 0.29) is 23.2 Å². The molecular formula is C18H28FN3O4. The van der Waals surface area contributed by atoms with Crippen molar-refractivity contribution < 1.29 is 24.3 Å². The zero-order valence-corrected chi connectivity index (χ0v) is 16.0. The first kappa shape index (κ1) is 23.5. The molecule has 0 radical (unpaired) electrons. The fourth-order valence-corrected chi connectivity index (χ4v) is 2.21. The molecule has 1 rings (SSSR count). The molecule has 8 heteroatoms. The molecule has 146 valence electrons. The average molecular weight is 369 g/mol. The van der Waals surface area contributed by atoms with Gasteiger partial charge < -0.3 is 21.4 Å².